The van der Waals surface area contributed by atoms with Crippen molar-refractivity contribution in [1.82, 2.24) is 10.2 Å². The minimum atomic E-state index is -0.497. The molecular formula is C17H28N4O3. The minimum Gasteiger partial charge on any atom is -0.444 e. The topological polar surface area (TPSA) is 96.7 Å². The van der Waals surface area contributed by atoms with Gasteiger partial charge in [0.1, 0.15) is 5.60 Å². The first-order valence-corrected chi connectivity index (χ1v) is 7.92. The summed E-state index contributed by atoms with van der Waals surface area (Å²) in [4.78, 5) is 24.9. The Morgan fingerprint density at radius 1 is 1.21 bits per heavy atom. The highest BCUT2D eigenvalue weighted by molar-refractivity contribution is 5.95. The van der Waals surface area contributed by atoms with Crippen LogP contribution in [0.25, 0.3) is 0 Å². The molecule has 1 rings (SSSR count). The van der Waals surface area contributed by atoms with Gasteiger partial charge in [-0.15, -0.1) is 0 Å². The van der Waals surface area contributed by atoms with E-state index in [1.54, 1.807) is 32.3 Å². The Morgan fingerprint density at radius 3 is 2.42 bits per heavy atom. The number of benzene rings is 1. The second kappa shape index (κ2) is 8.42. The molecule has 0 fully saturated rings. The summed E-state index contributed by atoms with van der Waals surface area (Å²) in [5, 5.41) is 5.88. The van der Waals surface area contributed by atoms with Gasteiger partial charge in [0, 0.05) is 32.7 Å². The molecule has 0 unspecified atom stereocenters. The van der Waals surface area contributed by atoms with Crippen molar-refractivity contribution in [1.29, 1.82) is 0 Å². The summed E-state index contributed by atoms with van der Waals surface area (Å²) < 4.78 is 5.15. The van der Waals surface area contributed by atoms with Crippen LogP contribution in [-0.2, 0) is 4.74 Å². The fraction of sp³-hybridized carbons (Fsp3) is 0.529. The number of ether oxygens (including phenoxy) is 1. The van der Waals surface area contributed by atoms with E-state index in [0.717, 1.165) is 12.1 Å². The Kier molecular flexibility index (Phi) is 6.88. The molecule has 0 aromatic heterocycles. The van der Waals surface area contributed by atoms with Crippen LogP contribution in [0, 0.1) is 0 Å². The lowest BCUT2D eigenvalue weighted by Gasteiger charge is -2.19. The number of hydrogen-bond donors (Lipinski definition) is 3. The predicted molar refractivity (Wildman–Crippen MR) is 96.2 cm³/mol. The first-order valence-electron chi connectivity index (χ1n) is 7.92. The molecule has 0 saturated heterocycles. The molecule has 24 heavy (non-hydrogen) atoms. The van der Waals surface area contributed by atoms with Gasteiger partial charge in [-0.2, -0.15) is 0 Å². The van der Waals surface area contributed by atoms with E-state index in [4.69, 9.17) is 10.5 Å². The fourth-order valence-electron chi connectivity index (χ4n) is 1.93. The molecular weight excluding hydrogens is 308 g/mol. The molecule has 7 nitrogen and oxygen atoms in total. The lowest BCUT2D eigenvalue weighted by molar-refractivity contribution is 0.0527. The summed E-state index contributed by atoms with van der Waals surface area (Å²) in [6.45, 7) is 6.60. The van der Waals surface area contributed by atoms with Gasteiger partial charge in [0.2, 0.25) is 0 Å². The van der Waals surface area contributed by atoms with Crippen LogP contribution in [0.4, 0.5) is 16.2 Å². The van der Waals surface area contributed by atoms with E-state index >= 15 is 0 Å². The zero-order chi connectivity index (χ0) is 18.3. The van der Waals surface area contributed by atoms with Crippen LogP contribution in [0.1, 0.15) is 37.6 Å². The smallest absolute Gasteiger partial charge is 0.407 e. The van der Waals surface area contributed by atoms with Crippen molar-refractivity contribution in [3.8, 4) is 0 Å². The van der Waals surface area contributed by atoms with E-state index in [1.165, 1.54) is 4.90 Å². The molecule has 0 aliphatic heterocycles. The second-order valence-electron chi connectivity index (χ2n) is 6.71. The van der Waals surface area contributed by atoms with E-state index in [1.807, 2.05) is 20.8 Å². The van der Waals surface area contributed by atoms with Gasteiger partial charge in [0.25, 0.3) is 5.91 Å². The predicted octanol–water partition coefficient (Wildman–Crippen LogP) is 2.30. The van der Waals surface area contributed by atoms with E-state index in [0.29, 0.717) is 24.3 Å². The highest BCUT2D eigenvalue weighted by Crippen LogP contribution is 2.20. The number of rotatable bonds is 6. The Labute approximate surface area is 143 Å². The van der Waals surface area contributed by atoms with Crippen LogP contribution in [0.15, 0.2) is 18.2 Å². The van der Waals surface area contributed by atoms with Gasteiger partial charge in [0.05, 0.1) is 11.4 Å². The number of hydrogen-bond acceptors (Lipinski definition) is 5. The highest BCUT2D eigenvalue weighted by Gasteiger charge is 2.15. The maximum atomic E-state index is 11.9. The van der Waals surface area contributed by atoms with Crippen LogP contribution < -0.4 is 16.4 Å². The van der Waals surface area contributed by atoms with Crippen LogP contribution in [0.5, 0.6) is 0 Å². The number of anilines is 2. The van der Waals surface area contributed by atoms with E-state index in [9.17, 15) is 9.59 Å². The van der Waals surface area contributed by atoms with Gasteiger partial charge in [-0.3, -0.25) is 4.79 Å². The molecule has 0 spiro atoms. The molecule has 1 aromatic carbocycles. The summed E-state index contributed by atoms with van der Waals surface area (Å²) in [7, 11) is 3.39. The minimum absolute atomic E-state index is 0.0881. The van der Waals surface area contributed by atoms with E-state index in [-0.39, 0.29) is 5.91 Å². The lowest BCUT2D eigenvalue weighted by atomic mass is 10.1. The quantitative estimate of drug-likeness (QED) is 0.547. The second-order valence-corrected chi connectivity index (χ2v) is 6.71. The van der Waals surface area contributed by atoms with E-state index < -0.39 is 11.7 Å². The maximum Gasteiger partial charge on any atom is 0.407 e. The van der Waals surface area contributed by atoms with Crippen molar-refractivity contribution >= 4 is 23.4 Å². The van der Waals surface area contributed by atoms with Crippen LogP contribution in [0.3, 0.4) is 0 Å². The van der Waals surface area contributed by atoms with Gasteiger partial charge in [0.15, 0.2) is 0 Å². The van der Waals surface area contributed by atoms with Gasteiger partial charge in [-0.25, -0.2) is 4.79 Å². The molecule has 0 radical (unpaired) electrons. The summed E-state index contributed by atoms with van der Waals surface area (Å²) >= 11 is 0. The average Bonchev–Trinajstić information content (AvgIpc) is 2.45. The Bertz CT molecular complexity index is 580. The van der Waals surface area contributed by atoms with E-state index in [2.05, 4.69) is 10.6 Å². The lowest BCUT2D eigenvalue weighted by Crippen LogP contribution is -2.33. The summed E-state index contributed by atoms with van der Waals surface area (Å²) in [6, 6.07) is 5.18. The molecule has 2 amide bonds. The first-order chi connectivity index (χ1) is 11.1. The van der Waals surface area contributed by atoms with Crippen LogP contribution in [0.2, 0.25) is 0 Å². The number of amides is 2. The third-order valence-corrected chi connectivity index (χ3v) is 3.04. The molecule has 0 heterocycles. The number of nitrogens with one attached hydrogen (secondary N) is 2. The van der Waals surface area contributed by atoms with Gasteiger partial charge >= 0.3 is 6.09 Å². The number of nitrogen functional groups attached to an aromatic ring is 1. The van der Waals surface area contributed by atoms with Crippen molar-refractivity contribution in [3.05, 3.63) is 23.8 Å². The number of alkyl carbamates (subject to hydrolysis) is 1. The highest BCUT2D eigenvalue weighted by atomic mass is 16.6. The molecule has 0 atom stereocenters. The van der Waals surface area contributed by atoms with Crippen LogP contribution >= 0.6 is 0 Å². The summed E-state index contributed by atoms with van der Waals surface area (Å²) in [5.74, 6) is -0.0881. The molecule has 0 aliphatic carbocycles. The monoisotopic (exact) mass is 336 g/mol. The van der Waals surface area contributed by atoms with Crippen LogP contribution in [-0.4, -0.2) is 49.7 Å². The Hall–Kier alpha value is -2.44. The molecule has 1 aromatic rings. The summed E-state index contributed by atoms with van der Waals surface area (Å²) in [5.41, 5.74) is 7.30. The van der Waals surface area contributed by atoms with Crippen molar-refractivity contribution < 1.29 is 14.3 Å². The molecule has 7 heteroatoms. The number of nitrogens with zero attached hydrogens (tertiary/aromatic N) is 1. The molecule has 0 bridgehead atoms. The van der Waals surface area contributed by atoms with Gasteiger partial charge < -0.3 is 26.0 Å². The van der Waals surface area contributed by atoms with Gasteiger partial charge in [-0.1, -0.05) is 0 Å². The van der Waals surface area contributed by atoms with Crippen molar-refractivity contribution in [2.24, 2.45) is 0 Å². The first kappa shape index (κ1) is 19.6. The number of carbonyl (C=O) groups excluding carboxylic acids is 2. The number of carbonyl (C=O) groups is 2. The van der Waals surface area contributed by atoms with Gasteiger partial charge in [-0.05, 0) is 45.4 Å². The Balaban J connectivity index is 2.38. The molecule has 0 aliphatic rings. The Morgan fingerprint density at radius 2 is 1.88 bits per heavy atom. The SMILES string of the molecule is CN(C)C(=O)c1ccc(NCCCNC(=O)OC(C)(C)C)c(N)c1. The molecule has 134 valence electrons. The average molecular weight is 336 g/mol. The van der Waals surface area contributed by atoms with Crippen molar-refractivity contribution in [2.45, 2.75) is 32.8 Å². The normalized spacial score (nSPS) is 10.9. The number of nitrogens with two attached hydrogens (primary N) is 1. The molecule has 4 N–H and O–H groups in total. The fourth-order valence-corrected chi connectivity index (χ4v) is 1.93. The van der Waals surface area contributed by atoms with Crippen molar-refractivity contribution in [3.63, 3.8) is 0 Å². The largest absolute Gasteiger partial charge is 0.444 e. The van der Waals surface area contributed by atoms with Crippen molar-refractivity contribution in [2.75, 3.05) is 38.2 Å². The zero-order valence-electron chi connectivity index (χ0n) is 15.1. The standard InChI is InChI=1S/C17H28N4O3/c1-17(2,3)24-16(23)20-10-6-9-19-14-8-7-12(11-13(14)18)15(22)21(4)5/h7-8,11,19H,6,9-10,18H2,1-5H3,(H,20,23). The third-order valence-electron chi connectivity index (χ3n) is 3.04. The molecule has 0 saturated carbocycles. The maximum absolute atomic E-state index is 11.9. The third kappa shape index (κ3) is 6.76. The summed E-state index contributed by atoms with van der Waals surface area (Å²) in [6.07, 6.45) is 0.297. The zero-order valence-corrected chi connectivity index (χ0v) is 15.1.